The summed E-state index contributed by atoms with van der Waals surface area (Å²) in [4.78, 5) is 11.8. The molecular weight excluding hydrogens is 303 g/mol. The maximum atomic E-state index is 13.6. The maximum absolute atomic E-state index is 13.6. The van der Waals surface area contributed by atoms with Gasteiger partial charge in [0.15, 0.2) is 6.54 Å². The first-order chi connectivity index (χ1) is 11.6. The van der Waals surface area contributed by atoms with E-state index in [9.17, 15) is 9.18 Å². The lowest BCUT2D eigenvalue weighted by Crippen LogP contribution is -2.87. The number of hydrogen-bond acceptors (Lipinski definition) is 1. The Hall–Kier alpha value is -2.64. The van der Waals surface area contributed by atoms with Crippen molar-refractivity contribution < 1.29 is 14.5 Å². The van der Waals surface area contributed by atoms with E-state index in [1.54, 1.807) is 6.07 Å². The van der Waals surface area contributed by atoms with Gasteiger partial charge in [-0.1, -0.05) is 49.2 Å². The van der Waals surface area contributed by atoms with Gasteiger partial charge in [-0.15, -0.1) is 6.42 Å². The average molecular weight is 325 g/mol. The highest BCUT2D eigenvalue weighted by Crippen LogP contribution is 2.20. The summed E-state index contributed by atoms with van der Waals surface area (Å²) in [6.07, 6.45) is 6.10. The summed E-state index contributed by atoms with van der Waals surface area (Å²) >= 11 is 0. The largest absolute Gasteiger partial charge is 0.340 e. The number of quaternary nitrogens is 1. The molecule has 3 N–H and O–H groups in total. The topological polar surface area (TPSA) is 45.7 Å². The zero-order valence-corrected chi connectivity index (χ0v) is 13.8. The Morgan fingerprint density at radius 2 is 2.00 bits per heavy atom. The quantitative estimate of drug-likeness (QED) is 0.749. The number of amides is 1. The van der Waals surface area contributed by atoms with Crippen LogP contribution in [-0.4, -0.2) is 19.0 Å². The van der Waals surface area contributed by atoms with Crippen molar-refractivity contribution in [3.8, 4) is 12.3 Å². The van der Waals surface area contributed by atoms with Crippen molar-refractivity contribution in [1.82, 2.24) is 5.32 Å². The molecule has 0 heterocycles. The molecule has 0 saturated heterocycles. The van der Waals surface area contributed by atoms with Gasteiger partial charge < -0.3 is 10.6 Å². The van der Waals surface area contributed by atoms with Crippen LogP contribution in [0, 0.1) is 18.2 Å². The summed E-state index contributed by atoms with van der Waals surface area (Å²) in [5, 5.41) is 4.53. The number of terminal acetylenes is 1. The summed E-state index contributed by atoms with van der Waals surface area (Å²) in [5.41, 5.74) is 3.09. The number of carbonyl (C=O) groups excluding carboxylic acids is 1. The summed E-state index contributed by atoms with van der Waals surface area (Å²) in [7, 11) is 0. The van der Waals surface area contributed by atoms with E-state index >= 15 is 0 Å². The lowest BCUT2D eigenvalue weighted by atomic mass is 9.97. The molecule has 3 nitrogen and oxygen atoms in total. The zero-order valence-electron chi connectivity index (χ0n) is 13.8. The van der Waals surface area contributed by atoms with Gasteiger partial charge in [0.1, 0.15) is 11.9 Å². The van der Waals surface area contributed by atoms with Crippen LogP contribution in [0.5, 0.6) is 0 Å². The second-order valence-electron chi connectivity index (χ2n) is 5.55. The predicted octanol–water partition coefficient (Wildman–Crippen LogP) is 1.79. The molecule has 4 heteroatoms. The SMILES string of the molecule is C#CCNC(=O)C[NH2+][C@H](c1ccc(CC)cc1)c1cccc(F)c1. The fourth-order valence-electron chi connectivity index (χ4n) is 2.57. The van der Waals surface area contributed by atoms with E-state index in [1.165, 1.54) is 17.7 Å². The van der Waals surface area contributed by atoms with Gasteiger partial charge in [-0.3, -0.25) is 4.79 Å². The number of carbonyl (C=O) groups is 1. The van der Waals surface area contributed by atoms with Crippen LogP contribution >= 0.6 is 0 Å². The van der Waals surface area contributed by atoms with Crippen LogP contribution < -0.4 is 10.6 Å². The highest BCUT2D eigenvalue weighted by Gasteiger charge is 2.19. The Morgan fingerprint density at radius 3 is 2.62 bits per heavy atom. The molecule has 0 radical (unpaired) electrons. The molecule has 2 rings (SSSR count). The molecule has 2 aromatic carbocycles. The summed E-state index contributed by atoms with van der Waals surface area (Å²) in [6.45, 7) is 2.53. The highest BCUT2D eigenvalue weighted by molar-refractivity contribution is 5.76. The van der Waals surface area contributed by atoms with E-state index in [2.05, 4.69) is 30.3 Å². The van der Waals surface area contributed by atoms with Crippen LogP contribution in [0.1, 0.15) is 29.7 Å². The monoisotopic (exact) mass is 325 g/mol. The van der Waals surface area contributed by atoms with Crippen molar-refractivity contribution in [2.75, 3.05) is 13.1 Å². The van der Waals surface area contributed by atoms with Crippen molar-refractivity contribution in [3.63, 3.8) is 0 Å². The van der Waals surface area contributed by atoms with Gasteiger partial charge in [0.25, 0.3) is 5.91 Å². The fourth-order valence-corrected chi connectivity index (χ4v) is 2.57. The molecule has 124 valence electrons. The van der Waals surface area contributed by atoms with Crippen molar-refractivity contribution in [2.45, 2.75) is 19.4 Å². The van der Waals surface area contributed by atoms with Gasteiger partial charge in [-0.05, 0) is 24.1 Å². The normalized spacial score (nSPS) is 11.5. The van der Waals surface area contributed by atoms with Crippen LogP contribution in [0.15, 0.2) is 48.5 Å². The minimum absolute atomic E-state index is 0.139. The molecular formula is C20H22FN2O+. The van der Waals surface area contributed by atoms with Gasteiger partial charge in [0.05, 0.1) is 6.54 Å². The Bertz CT molecular complexity index is 719. The summed E-state index contributed by atoms with van der Waals surface area (Å²) in [5.74, 6) is 1.95. The second-order valence-corrected chi connectivity index (χ2v) is 5.55. The number of aryl methyl sites for hydroxylation is 1. The Morgan fingerprint density at radius 1 is 1.25 bits per heavy atom. The molecule has 0 aliphatic carbocycles. The van der Waals surface area contributed by atoms with E-state index in [0.717, 1.165) is 17.5 Å². The van der Waals surface area contributed by atoms with Gasteiger partial charge >= 0.3 is 0 Å². The van der Waals surface area contributed by atoms with Crippen molar-refractivity contribution in [3.05, 3.63) is 71.0 Å². The Kier molecular flexibility index (Phi) is 6.53. The molecule has 0 aliphatic heterocycles. The molecule has 24 heavy (non-hydrogen) atoms. The van der Waals surface area contributed by atoms with Crippen molar-refractivity contribution >= 4 is 5.91 Å². The molecule has 0 saturated carbocycles. The fraction of sp³-hybridized carbons (Fsp3) is 0.250. The Labute approximate surface area is 142 Å². The minimum atomic E-state index is -0.284. The molecule has 0 aromatic heterocycles. The lowest BCUT2D eigenvalue weighted by molar-refractivity contribution is -0.676. The van der Waals surface area contributed by atoms with E-state index in [1.807, 2.05) is 23.5 Å². The third-order valence-electron chi connectivity index (χ3n) is 3.88. The number of hydrogen-bond donors (Lipinski definition) is 2. The number of nitrogens with one attached hydrogen (secondary N) is 1. The molecule has 0 spiro atoms. The van der Waals surface area contributed by atoms with Crippen LogP contribution in [-0.2, 0) is 11.2 Å². The molecule has 0 unspecified atom stereocenters. The van der Waals surface area contributed by atoms with E-state index < -0.39 is 0 Å². The van der Waals surface area contributed by atoms with Gasteiger partial charge in [0, 0.05) is 11.1 Å². The molecule has 1 atom stereocenters. The number of rotatable bonds is 7. The molecule has 0 fully saturated rings. The first-order valence-electron chi connectivity index (χ1n) is 8.01. The van der Waals surface area contributed by atoms with E-state index in [-0.39, 0.29) is 30.9 Å². The lowest BCUT2D eigenvalue weighted by Gasteiger charge is -2.17. The van der Waals surface area contributed by atoms with Crippen LogP contribution in [0.4, 0.5) is 4.39 Å². The first kappa shape index (κ1) is 17.7. The average Bonchev–Trinajstić information content (AvgIpc) is 2.60. The summed E-state index contributed by atoms with van der Waals surface area (Å²) < 4.78 is 13.6. The number of halogens is 1. The Balaban J connectivity index is 2.21. The molecule has 2 aromatic rings. The molecule has 0 bridgehead atoms. The van der Waals surface area contributed by atoms with Gasteiger partial charge in [0.2, 0.25) is 0 Å². The maximum Gasteiger partial charge on any atom is 0.275 e. The van der Waals surface area contributed by atoms with Crippen molar-refractivity contribution in [2.24, 2.45) is 0 Å². The third-order valence-corrected chi connectivity index (χ3v) is 3.88. The van der Waals surface area contributed by atoms with Gasteiger partial charge in [-0.2, -0.15) is 0 Å². The predicted molar refractivity (Wildman–Crippen MR) is 92.7 cm³/mol. The molecule has 1 amide bonds. The third kappa shape index (κ3) is 4.94. The summed E-state index contributed by atoms with van der Waals surface area (Å²) in [6, 6.07) is 14.5. The smallest absolute Gasteiger partial charge is 0.275 e. The first-order valence-corrected chi connectivity index (χ1v) is 8.01. The zero-order chi connectivity index (χ0) is 17.4. The van der Waals surface area contributed by atoms with Crippen LogP contribution in [0.25, 0.3) is 0 Å². The second kappa shape index (κ2) is 8.85. The highest BCUT2D eigenvalue weighted by atomic mass is 19.1. The van der Waals surface area contributed by atoms with Crippen molar-refractivity contribution in [1.29, 1.82) is 0 Å². The van der Waals surface area contributed by atoms with E-state index in [0.29, 0.717) is 0 Å². The minimum Gasteiger partial charge on any atom is -0.340 e. The van der Waals surface area contributed by atoms with Gasteiger partial charge in [-0.25, -0.2) is 4.39 Å². The van der Waals surface area contributed by atoms with Crippen LogP contribution in [0.2, 0.25) is 0 Å². The standard InChI is InChI=1S/C20H21FN2O/c1-3-12-22-19(24)14-23-20(17-6-5-7-18(21)13-17)16-10-8-15(4-2)9-11-16/h1,5-11,13,20,23H,4,12,14H2,2H3,(H,22,24)/p+1/t20-/m1/s1. The number of benzene rings is 2. The molecule has 0 aliphatic rings. The van der Waals surface area contributed by atoms with E-state index in [4.69, 9.17) is 6.42 Å². The van der Waals surface area contributed by atoms with Crippen LogP contribution in [0.3, 0.4) is 0 Å². The number of nitrogens with two attached hydrogens (primary N) is 1.